The van der Waals surface area contributed by atoms with Crippen LogP contribution in [0.3, 0.4) is 0 Å². The Kier molecular flexibility index (Phi) is 4.10. The molecule has 19 heavy (non-hydrogen) atoms. The van der Waals surface area contributed by atoms with Crippen molar-refractivity contribution in [2.45, 2.75) is 6.54 Å². The molecule has 2 rings (SSSR count). The number of nitrogen functional groups attached to an aromatic ring is 1. The number of carbonyl (C=O) groups is 1. The van der Waals surface area contributed by atoms with E-state index in [0.29, 0.717) is 18.1 Å². The van der Waals surface area contributed by atoms with Gasteiger partial charge in [-0.05, 0) is 17.7 Å². The number of rotatable bonds is 4. The number of nitrogens with two attached hydrogens (primary N) is 1. The van der Waals surface area contributed by atoms with Gasteiger partial charge in [0.2, 0.25) is 0 Å². The third-order valence-corrected chi connectivity index (χ3v) is 2.73. The predicted molar refractivity (Wildman–Crippen MR) is 74.3 cm³/mol. The molecule has 0 aliphatic rings. The monoisotopic (exact) mass is 256 g/mol. The summed E-state index contributed by atoms with van der Waals surface area (Å²) in [6, 6.07) is 14.9. The van der Waals surface area contributed by atoms with Crippen molar-refractivity contribution < 1.29 is 4.79 Å². The van der Waals surface area contributed by atoms with Gasteiger partial charge in [-0.25, -0.2) is 10.8 Å². The van der Waals surface area contributed by atoms with Crippen molar-refractivity contribution in [2.24, 2.45) is 5.84 Å². The molecule has 0 saturated heterocycles. The molecule has 0 aliphatic heterocycles. The van der Waals surface area contributed by atoms with E-state index in [1.165, 1.54) is 0 Å². The molecule has 0 fully saturated rings. The molecule has 0 aliphatic carbocycles. The lowest BCUT2D eigenvalue weighted by Gasteiger charge is -2.17. The Bertz CT molecular complexity index is 556. The van der Waals surface area contributed by atoms with Gasteiger partial charge in [0.15, 0.2) is 0 Å². The van der Waals surface area contributed by atoms with Crippen molar-refractivity contribution in [3.8, 4) is 0 Å². The maximum absolute atomic E-state index is 12.2. The fraction of sp³-hybridized carbons (Fsp3) is 0.143. The van der Waals surface area contributed by atoms with Crippen molar-refractivity contribution in [1.82, 2.24) is 9.88 Å². The average Bonchev–Trinajstić information content (AvgIpc) is 2.47. The zero-order valence-electron chi connectivity index (χ0n) is 10.7. The maximum Gasteiger partial charge on any atom is 0.272 e. The average molecular weight is 256 g/mol. The summed E-state index contributed by atoms with van der Waals surface area (Å²) in [6.07, 6.45) is 0. The minimum Gasteiger partial charge on any atom is -0.336 e. The van der Waals surface area contributed by atoms with Crippen LogP contribution in [0.1, 0.15) is 16.1 Å². The molecular weight excluding hydrogens is 240 g/mol. The molecule has 5 nitrogen and oxygen atoms in total. The molecule has 5 heteroatoms. The Morgan fingerprint density at radius 3 is 2.63 bits per heavy atom. The number of hydrogen-bond acceptors (Lipinski definition) is 4. The van der Waals surface area contributed by atoms with Crippen LogP contribution in [0.2, 0.25) is 0 Å². The van der Waals surface area contributed by atoms with Gasteiger partial charge in [0.05, 0.1) is 0 Å². The summed E-state index contributed by atoms with van der Waals surface area (Å²) in [5, 5.41) is 0. The molecular formula is C14H16N4O. The number of nitrogens with one attached hydrogen (secondary N) is 1. The third kappa shape index (κ3) is 3.29. The van der Waals surface area contributed by atoms with E-state index >= 15 is 0 Å². The van der Waals surface area contributed by atoms with Gasteiger partial charge < -0.3 is 10.3 Å². The Morgan fingerprint density at radius 2 is 1.95 bits per heavy atom. The van der Waals surface area contributed by atoms with E-state index in [1.54, 1.807) is 30.1 Å². The lowest BCUT2D eigenvalue weighted by Crippen LogP contribution is -2.27. The highest BCUT2D eigenvalue weighted by atomic mass is 16.2. The summed E-state index contributed by atoms with van der Waals surface area (Å²) in [7, 11) is 1.75. The topological polar surface area (TPSA) is 71.2 Å². The first-order valence-electron chi connectivity index (χ1n) is 5.94. The molecule has 1 aromatic carbocycles. The van der Waals surface area contributed by atoms with Crippen LogP contribution in [-0.4, -0.2) is 22.8 Å². The number of pyridine rings is 1. The Hall–Kier alpha value is -2.40. The molecule has 1 amide bonds. The van der Waals surface area contributed by atoms with Gasteiger partial charge in [0, 0.05) is 13.6 Å². The van der Waals surface area contributed by atoms with Crippen molar-refractivity contribution in [3.05, 3.63) is 59.8 Å². The number of anilines is 1. The van der Waals surface area contributed by atoms with Crippen LogP contribution in [0.15, 0.2) is 48.5 Å². The van der Waals surface area contributed by atoms with E-state index in [4.69, 9.17) is 5.84 Å². The zero-order chi connectivity index (χ0) is 13.7. The van der Waals surface area contributed by atoms with Crippen molar-refractivity contribution in [3.63, 3.8) is 0 Å². The molecule has 1 aromatic heterocycles. The van der Waals surface area contributed by atoms with Crippen LogP contribution in [0.25, 0.3) is 0 Å². The highest BCUT2D eigenvalue weighted by Gasteiger charge is 2.13. The Labute approximate surface area is 112 Å². The van der Waals surface area contributed by atoms with Crippen LogP contribution in [0, 0.1) is 0 Å². The summed E-state index contributed by atoms with van der Waals surface area (Å²) >= 11 is 0. The van der Waals surface area contributed by atoms with Gasteiger partial charge in [-0.2, -0.15) is 0 Å². The first kappa shape index (κ1) is 13.0. The molecule has 3 N–H and O–H groups in total. The van der Waals surface area contributed by atoms with E-state index in [0.717, 1.165) is 5.56 Å². The van der Waals surface area contributed by atoms with Crippen molar-refractivity contribution in [2.75, 3.05) is 12.5 Å². The minimum absolute atomic E-state index is 0.138. The van der Waals surface area contributed by atoms with E-state index < -0.39 is 0 Å². The number of nitrogens with zero attached hydrogens (tertiary/aromatic N) is 2. The van der Waals surface area contributed by atoms with Crippen molar-refractivity contribution >= 4 is 11.7 Å². The minimum atomic E-state index is -0.138. The first-order chi connectivity index (χ1) is 9.20. The predicted octanol–water partition coefficient (Wildman–Crippen LogP) is 1.64. The number of hydrogen-bond donors (Lipinski definition) is 2. The second kappa shape index (κ2) is 5.97. The van der Waals surface area contributed by atoms with Crippen LogP contribution < -0.4 is 11.3 Å². The second-order valence-electron chi connectivity index (χ2n) is 4.20. The lowest BCUT2D eigenvalue weighted by atomic mass is 10.2. The smallest absolute Gasteiger partial charge is 0.272 e. The molecule has 1 heterocycles. The normalized spacial score (nSPS) is 10.0. The van der Waals surface area contributed by atoms with Crippen LogP contribution in [-0.2, 0) is 6.54 Å². The van der Waals surface area contributed by atoms with Gasteiger partial charge >= 0.3 is 0 Å². The highest BCUT2D eigenvalue weighted by molar-refractivity contribution is 5.92. The van der Waals surface area contributed by atoms with Gasteiger partial charge in [0.1, 0.15) is 11.5 Å². The number of aromatic nitrogens is 1. The number of amides is 1. The van der Waals surface area contributed by atoms with E-state index in [-0.39, 0.29) is 5.91 Å². The highest BCUT2D eigenvalue weighted by Crippen LogP contribution is 2.09. The fourth-order valence-electron chi connectivity index (χ4n) is 1.76. The molecule has 0 radical (unpaired) electrons. The first-order valence-corrected chi connectivity index (χ1v) is 5.94. The number of benzene rings is 1. The van der Waals surface area contributed by atoms with Gasteiger partial charge in [-0.3, -0.25) is 4.79 Å². The van der Waals surface area contributed by atoms with Crippen LogP contribution >= 0.6 is 0 Å². The number of hydrazine groups is 1. The van der Waals surface area contributed by atoms with Crippen LogP contribution in [0.4, 0.5) is 5.82 Å². The summed E-state index contributed by atoms with van der Waals surface area (Å²) in [6.45, 7) is 0.543. The third-order valence-electron chi connectivity index (χ3n) is 2.73. The standard InChI is InChI=1S/C14H16N4O/c1-18(10-11-6-3-2-4-7-11)14(19)12-8-5-9-13(16-12)17-15/h2-9H,10,15H2,1H3,(H,16,17). The second-order valence-corrected chi connectivity index (χ2v) is 4.20. The van der Waals surface area contributed by atoms with Crippen LogP contribution in [0.5, 0.6) is 0 Å². The largest absolute Gasteiger partial charge is 0.336 e. The molecule has 0 unspecified atom stereocenters. The summed E-state index contributed by atoms with van der Waals surface area (Å²) < 4.78 is 0. The SMILES string of the molecule is CN(Cc1ccccc1)C(=O)c1cccc(NN)n1. The number of carbonyl (C=O) groups excluding carboxylic acids is 1. The summed E-state index contributed by atoms with van der Waals surface area (Å²) in [4.78, 5) is 18.0. The van der Waals surface area contributed by atoms with E-state index in [1.807, 2.05) is 30.3 Å². The maximum atomic E-state index is 12.2. The molecule has 98 valence electrons. The summed E-state index contributed by atoms with van der Waals surface area (Å²) in [5.74, 6) is 5.61. The quantitative estimate of drug-likeness (QED) is 0.644. The molecule has 0 saturated carbocycles. The Morgan fingerprint density at radius 1 is 1.21 bits per heavy atom. The molecule has 2 aromatic rings. The fourth-order valence-corrected chi connectivity index (χ4v) is 1.76. The Balaban J connectivity index is 2.10. The van der Waals surface area contributed by atoms with E-state index in [2.05, 4.69) is 10.4 Å². The molecule has 0 spiro atoms. The molecule has 0 bridgehead atoms. The van der Waals surface area contributed by atoms with Crippen molar-refractivity contribution in [1.29, 1.82) is 0 Å². The van der Waals surface area contributed by atoms with E-state index in [9.17, 15) is 4.79 Å². The lowest BCUT2D eigenvalue weighted by molar-refractivity contribution is 0.0779. The summed E-state index contributed by atoms with van der Waals surface area (Å²) in [5.41, 5.74) is 3.87. The zero-order valence-corrected chi connectivity index (χ0v) is 10.7. The molecule has 0 atom stereocenters. The van der Waals surface area contributed by atoms with Gasteiger partial charge in [-0.15, -0.1) is 0 Å². The van der Waals surface area contributed by atoms with Gasteiger partial charge in [0.25, 0.3) is 5.91 Å². The van der Waals surface area contributed by atoms with Gasteiger partial charge in [-0.1, -0.05) is 36.4 Å².